The third kappa shape index (κ3) is 3.68. The molecular weight excluding hydrogens is 284 g/mol. The largest absolute Gasteiger partial charge is 0.363 e. The molecule has 2 rings (SSSR count). The number of aryl methyl sites for hydroxylation is 1. The van der Waals surface area contributed by atoms with Gasteiger partial charge < -0.3 is 10.7 Å². The van der Waals surface area contributed by atoms with Gasteiger partial charge in [0.05, 0.1) is 6.54 Å². The van der Waals surface area contributed by atoms with Crippen LogP contribution in [0.1, 0.15) is 42.0 Å². The van der Waals surface area contributed by atoms with Gasteiger partial charge >= 0.3 is 0 Å². The van der Waals surface area contributed by atoms with E-state index in [0.29, 0.717) is 12.4 Å². The van der Waals surface area contributed by atoms with E-state index in [9.17, 15) is 0 Å². The lowest BCUT2D eigenvalue weighted by Gasteiger charge is -2.20. The monoisotopic (exact) mass is 306 g/mol. The van der Waals surface area contributed by atoms with E-state index in [1.807, 2.05) is 20.0 Å². The topological polar surface area (TPSA) is 88.8 Å². The van der Waals surface area contributed by atoms with Gasteiger partial charge in [-0.15, -0.1) is 11.3 Å². The van der Waals surface area contributed by atoms with Gasteiger partial charge in [0.1, 0.15) is 22.5 Å². The summed E-state index contributed by atoms with van der Waals surface area (Å²) in [4.78, 5) is 14.7. The highest BCUT2D eigenvalue weighted by molar-refractivity contribution is 7.11. The number of thiazole rings is 1. The predicted molar refractivity (Wildman–Crippen MR) is 87.5 cm³/mol. The molecule has 0 aliphatic heterocycles. The molecule has 0 saturated carbocycles. The van der Waals surface area contributed by atoms with Crippen molar-refractivity contribution in [3.63, 3.8) is 0 Å². The van der Waals surface area contributed by atoms with Crippen molar-refractivity contribution in [1.82, 2.24) is 15.0 Å². The lowest BCUT2D eigenvalue weighted by molar-refractivity contribution is 0.546. The SMILES string of the molecule is Cc1cnc(CNc2nc(C(C)(C)C)nc(NN)c2C)s1. The first-order chi connectivity index (χ1) is 9.81. The number of nitrogen functional groups attached to an aromatic ring is 1. The molecule has 6 nitrogen and oxygen atoms in total. The maximum atomic E-state index is 5.56. The normalized spacial score (nSPS) is 11.5. The van der Waals surface area contributed by atoms with Gasteiger partial charge in [-0.1, -0.05) is 20.8 Å². The third-order valence-electron chi connectivity index (χ3n) is 3.03. The summed E-state index contributed by atoms with van der Waals surface area (Å²) < 4.78 is 0. The molecule has 0 saturated heterocycles. The summed E-state index contributed by atoms with van der Waals surface area (Å²) in [7, 11) is 0. The van der Waals surface area contributed by atoms with Crippen molar-refractivity contribution in [2.24, 2.45) is 5.84 Å². The molecule has 2 aromatic rings. The van der Waals surface area contributed by atoms with Crippen LogP contribution in [0.4, 0.5) is 11.6 Å². The summed E-state index contributed by atoms with van der Waals surface area (Å²) in [6.07, 6.45) is 1.88. The van der Waals surface area contributed by atoms with Crippen LogP contribution in [0.25, 0.3) is 0 Å². The maximum Gasteiger partial charge on any atom is 0.148 e. The maximum absolute atomic E-state index is 5.56. The number of hydrogen-bond acceptors (Lipinski definition) is 7. The molecule has 7 heteroatoms. The average Bonchev–Trinajstić information content (AvgIpc) is 2.82. The first kappa shape index (κ1) is 15.7. The van der Waals surface area contributed by atoms with E-state index in [-0.39, 0.29) is 5.41 Å². The van der Waals surface area contributed by atoms with Crippen LogP contribution < -0.4 is 16.6 Å². The van der Waals surface area contributed by atoms with E-state index < -0.39 is 0 Å². The molecule has 114 valence electrons. The Bertz CT molecular complexity index is 629. The van der Waals surface area contributed by atoms with Gasteiger partial charge in [-0.3, -0.25) is 0 Å². The van der Waals surface area contributed by atoms with Crippen molar-refractivity contribution >= 4 is 23.0 Å². The van der Waals surface area contributed by atoms with Gasteiger partial charge in [0, 0.05) is 22.1 Å². The second-order valence-electron chi connectivity index (χ2n) is 5.98. The average molecular weight is 306 g/mol. The minimum Gasteiger partial charge on any atom is -0.363 e. The van der Waals surface area contributed by atoms with E-state index in [1.165, 1.54) is 4.88 Å². The van der Waals surface area contributed by atoms with Crippen LogP contribution >= 0.6 is 11.3 Å². The number of nitrogens with one attached hydrogen (secondary N) is 2. The van der Waals surface area contributed by atoms with E-state index in [0.717, 1.165) is 22.2 Å². The summed E-state index contributed by atoms with van der Waals surface area (Å²) in [5, 5.41) is 4.36. The minimum atomic E-state index is -0.145. The zero-order valence-electron chi connectivity index (χ0n) is 13.1. The fourth-order valence-corrected chi connectivity index (χ4v) is 2.53. The first-order valence-electron chi connectivity index (χ1n) is 6.82. The second kappa shape index (κ2) is 5.95. The molecule has 0 aliphatic carbocycles. The molecule has 0 spiro atoms. The van der Waals surface area contributed by atoms with Crippen molar-refractivity contribution in [1.29, 1.82) is 0 Å². The van der Waals surface area contributed by atoms with E-state index >= 15 is 0 Å². The van der Waals surface area contributed by atoms with Crippen molar-refractivity contribution < 1.29 is 0 Å². The second-order valence-corrected chi connectivity index (χ2v) is 7.30. The Labute approximate surface area is 129 Å². The van der Waals surface area contributed by atoms with Crippen LogP contribution in [-0.2, 0) is 12.0 Å². The van der Waals surface area contributed by atoms with Crippen LogP contribution in [0.2, 0.25) is 0 Å². The van der Waals surface area contributed by atoms with Gasteiger partial charge in [0.15, 0.2) is 0 Å². The zero-order valence-corrected chi connectivity index (χ0v) is 13.9. The summed E-state index contributed by atoms with van der Waals surface area (Å²) in [6.45, 7) is 10.9. The van der Waals surface area contributed by atoms with Crippen molar-refractivity contribution in [3.05, 3.63) is 27.5 Å². The Balaban J connectivity index is 2.28. The molecule has 0 radical (unpaired) electrons. The molecule has 0 fully saturated rings. The van der Waals surface area contributed by atoms with E-state index in [4.69, 9.17) is 5.84 Å². The number of hydrogen-bond donors (Lipinski definition) is 3. The lowest BCUT2D eigenvalue weighted by atomic mass is 9.95. The quantitative estimate of drug-likeness (QED) is 0.594. The van der Waals surface area contributed by atoms with Crippen molar-refractivity contribution in [2.75, 3.05) is 10.7 Å². The molecule has 0 atom stereocenters. The predicted octanol–water partition coefficient (Wildman–Crippen LogP) is 2.75. The molecule has 4 N–H and O–H groups in total. The Morgan fingerprint density at radius 2 is 1.86 bits per heavy atom. The van der Waals surface area contributed by atoms with E-state index in [1.54, 1.807) is 11.3 Å². The summed E-state index contributed by atoms with van der Waals surface area (Å²) >= 11 is 1.68. The highest BCUT2D eigenvalue weighted by Gasteiger charge is 2.21. The minimum absolute atomic E-state index is 0.145. The van der Waals surface area contributed by atoms with Gasteiger partial charge in [-0.05, 0) is 13.8 Å². The number of hydrazine groups is 1. The Hall–Kier alpha value is -1.73. The first-order valence-corrected chi connectivity index (χ1v) is 7.64. The molecule has 0 aliphatic rings. The molecule has 2 aromatic heterocycles. The van der Waals surface area contributed by atoms with Crippen LogP contribution in [0, 0.1) is 13.8 Å². The van der Waals surface area contributed by atoms with Gasteiger partial charge in [-0.2, -0.15) is 0 Å². The van der Waals surface area contributed by atoms with E-state index in [2.05, 4.69) is 46.5 Å². The number of rotatable bonds is 4. The summed E-state index contributed by atoms with van der Waals surface area (Å²) in [5.41, 5.74) is 3.40. The van der Waals surface area contributed by atoms with Crippen LogP contribution in [0.5, 0.6) is 0 Å². The zero-order chi connectivity index (χ0) is 15.6. The smallest absolute Gasteiger partial charge is 0.148 e. The van der Waals surface area contributed by atoms with Crippen molar-refractivity contribution in [3.8, 4) is 0 Å². The molecule has 0 bridgehead atoms. The van der Waals surface area contributed by atoms with Crippen molar-refractivity contribution in [2.45, 2.75) is 46.6 Å². The lowest BCUT2D eigenvalue weighted by Crippen LogP contribution is -2.21. The summed E-state index contributed by atoms with van der Waals surface area (Å²) in [6, 6.07) is 0. The molecule has 0 unspecified atom stereocenters. The summed E-state index contributed by atoms with van der Waals surface area (Å²) in [5.74, 6) is 7.75. The van der Waals surface area contributed by atoms with Gasteiger partial charge in [-0.25, -0.2) is 20.8 Å². The fraction of sp³-hybridized carbons (Fsp3) is 0.500. The Morgan fingerprint density at radius 3 is 2.38 bits per heavy atom. The number of anilines is 2. The highest BCUT2D eigenvalue weighted by atomic mass is 32.1. The van der Waals surface area contributed by atoms with Gasteiger partial charge in [0.2, 0.25) is 0 Å². The van der Waals surface area contributed by atoms with Crippen LogP contribution in [-0.4, -0.2) is 15.0 Å². The number of aromatic nitrogens is 3. The molecule has 0 amide bonds. The fourth-order valence-electron chi connectivity index (χ4n) is 1.81. The van der Waals surface area contributed by atoms with Crippen LogP contribution in [0.15, 0.2) is 6.20 Å². The number of nitrogens with two attached hydrogens (primary N) is 1. The molecule has 21 heavy (non-hydrogen) atoms. The van der Waals surface area contributed by atoms with Crippen LogP contribution in [0.3, 0.4) is 0 Å². The molecular formula is C14H22N6S. The third-order valence-corrected chi connectivity index (χ3v) is 3.94. The Morgan fingerprint density at radius 1 is 1.19 bits per heavy atom. The standard InChI is InChI=1S/C14H22N6S/c1-8-6-16-10(21-8)7-17-11-9(2)12(20-15)19-13(18-11)14(3,4)5/h6H,7,15H2,1-5H3,(H2,17,18,19,20). The Kier molecular flexibility index (Phi) is 4.43. The molecule has 2 heterocycles. The highest BCUT2D eigenvalue weighted by Crippen LogP contribution is 2.26. The van der Waals surface area contributed by atoms with Gasteiger partial charge in [0.25, 0.3) is 0 Å². The molecule has 0 aromatic carbocycles. The number of nitrogens with zero attached hydrogens (tertiary/aromatic N) is 3.